The number of hydrogen-bond acceptors (Lipinski definition) is 6. The summed E-state index contributed by atoms with van der Waals surface area (Å²) in [5.41, 5.74) is 1.15. The molecule has 5 rings (SSSR count). The van der Waals surface area contributed by atoms with Crippen LogP contribution < -0.4 is 19.3 Å². The van der Waals surface area contributed by atoms with E-state index in [0.29, 0.717) is 24.2 Å². The number of carboxylic acids is 1. The number of benzene rings is 1. The zero-order valence-electron chi connectivity index (χ0n) is 18.6. The summed E-state index contributed by atoms with van der Waals surface area (Å²) < 4.78 is 48.4. The first-order valence-corrected chi connectivity index (χ1v) is 12.5. The molecule has 4 aliphatic rings. The summed E-state index contributed by atoms with van der Waals surface area (Å²) in [6.07, 6.45) is 6.32. The van der Waals surface area contributed by atoms with Gasteiger partial charge in [-0.25, -0.2) is 17.9 Å². The molecule has 176 valence electrons. The minimum absolute atomic E-state index is 0.00725. The predicted octanol–water partition coefficient (Wildman–Crippen LogP) is 3.24. The molecule has 0 aromatic heterocycles. The molecule has 0 radical (unpaired) electrons. The number of nitrogens with zero attached hydrogens (tertiary/aromatic N) is 2. The summed E-state index contributed by atoms with van der Waals surface area (Å²) in [6, 6.07) is 2.93. The first-order chi connectivity index (χ1) is 15.1. The molecule has 3 aliphatic carbocycles. The van der Waals surface area contributed by atoms with E-state index >= 15 is 0 Å². The van der Waals surface area contributed by atoms with Crippen molar-refractivity contribution in [3.05, 3.63) is 24.2 Å². The van der Waals surface area contributed by atoms with Crippen molar-refractivity contribution in [2.75, 3.05) is 30.4 Å². The molecular weight excluding hydrogens is 437 g/mol. The van der Waals surface area contributed by atoms with Gasteiger partial charge in [0.15, 0.2) is 5.75 Å². The van der Waals surface area contributed by atoms with Gasteiger partial charge in [0.1, 0.15) is 11.2 Å². The van der Waals surface area contributed by atoms with E-state index in [-0.39, 0.29) is 22.2 Å². The fraction of sp³-hybridized carbons (Fsp3) is 0.591. The highest BCUT2D eigenvalue weighted by Gasteiger charge is 2.61. The Hall–Kier alpha value is -2.33. The van der Waals surface area contributed by atoms with Crippen molar-refractivity contribution in [1.29, 1.82) is 0 Å². The van der Waals surface area contributed by atoms with Gasteiger partial charge in [0.2, 0.25) is 15.9 Å². The molecule has 1 aromatic rings. The predicted molar refractivity (Wildman–Crippen MR) is 119 cm³/mol. The summed E-state index contributed by atoms with van der Waals surface area (Å²) in [6.45, 7) is 2.68. The standard InChI is InChI=1S/C22H30FN3O5S/c1-4-5-6-15-12-26(22-9-14(10-22)11-22)18-7-17(25(2)3)19(31-13-16(23)21(27)28)8-20(18)32(29,30)24-15/h7-8,13-15,24H,4-6,9-12H2,1-3H3,(H,27,28)/b16-13-/t14?,15-,22?/m1/s1. The molecule has 1 aliphatic heterocycles. The average Bonchev–Trinajstić information content (AvgIpc) is 2.75. The van der Waals surface area contributed by atoms with Crippen LogP contribution >= 0.6 is 0 Å². The summed E-state index contributed by atoms with van der Waals surface area (Å²) in [7, 11) is -0.322. The molecule has 2 N–H and O–H groups in total. The zero-order valence-corrected chi connectivity index (χ0v) is 19.4. The molecule has 0 saturated heterocycles. The Labute approximate surface area is 188 Å². The number of anilines is 2. The monoisotopic (exact) mass is 467 g/mol. The smallest absolute Gasteiger partial charge is 0.368 e. The second kappa shape index (κ2) is 8.22. The Morgan fingerprint density at radius 3 is 2.59 bits per heavy atom. The number of sulfonamides is 1. The third kappa shape index (κ3) is 3.94. The topological polar surface area (TPSA) is 99.2 Å². The lowest BCUT2D eigenvalue weighted by molar-refractivity contribution is -0.134. The summed E-state index contributed by atoms with van der Waals surface area (Å²) in [5, 5.41) is 8.77. The molecule has 1 heterocycles. The van der Waals surface area contributed by atoms with Gasteiger partial charge < -0.3 is 19.6 Å². The lowest BCUT2D eigenvalue weighted by Gasteiger charge is -2.67. The van der Waals surface area contributed by atoms with Crippen LogP contribution in [0.1, 0.15) is 45.4 Å². The molecule has 3 fully saturated rings. The summed E-state index contributed by atoms with van der Waals surface area (Å²) >= 11 is 0. The number of fused-ring (bicyclic) bond motifs is 1. The normalized spacial score (nSPS) is 28.1. The van der Waals surface area contributed by atoms with Gasteiger partial charge in [0.25, 0.3) is 0 Å². The third-order valence-corrected chi connectivity index (χ3v) is 8.36. The maximum absolute atomic E-state index is 13.5. The first kappa shape index (κ1) is 22.8. The Balaban J connectivity index is 1.82. The molecule has 0 amide bonds. The van der Waals surface area contributed by atoms with Crippen LogP contribution in [0.3, 0.4) is 0 Å². The molecule has 1 aromatic carbocycles. The maximum Gasteiger partial charge on any atom is 0.368 e. The van der Waals surface area contributed by atoms with E-state index in [1.807, 2.05) is 0 Å². The first-order valence-electron chi connectivity index (χ1n) is 11.0. The van der Waals surface area contributed by atoms with E-state index in [1.54, 1.807) is 25.1 Å². The number of unbranched alkanes of at least 4 members (excludes halogenated alkanes) is 1. The van der Waals surface area contributed by atoms with Gasteiger partial charge in [-0.2, -0.15) is 4.39 Å². The van der Waals surface area contributed by atoms with E-state index in [4.69, 9.17) is 9.84 Å². The Kier molecular flexibility index (Phi) is 5.87. The van der Waals surface area contributed by atoms with Crippen molar-refractivity contribution in [2.24, 2.45) is 5.92 Å². The number of carbonyl (C=O) groups is 1. The van der Waals surface area contributed by atoms with Crippen molar-refractivity contribution in [2.45, 2.75) is 61.9 Å². The van der Waals surface area contributed by atoms with Crippen LogP contribution in [0, 0.1) is 5.92 Å². The van der Waals surface area contributed by atoms with Crippen LogP contribution in [0.5, 0.6) is 5.75 Å². The van der Waals surface area contributed by atoms with Crippen molar-refractivity contribution >= 4 is 27.4 Å². The van der Waals surface area contributed by atoms with E-state index < -0.39 is 21.8 Å². The number of rotatable bonds is 8. The summed E-state index contributed by atoms with van der Waals surface area (Å²) in [4.78, 5) is 14.9. The highest BCUT2D eigenvalue weighted by atomic mass is 32.2. The lowest BCUT2D eigenvalue weighted by atomic mass is 9.49. The number of ether oxygens (including phenoxy) is 1. The Bertz CT molecular complexity index is 1040. The van der Waals surface area contributed by atoms with Gasteiger partial charge in [0.05, 0.1) is 11.4 Å². The van der Waals surface area contributed by atoms with Gasteiger partial charge in [-0.1, -0.05) is 19.8 Å². The van der Waals surface area contributed by atoms with Crippen LogP contribution in [-0.4, -0.2) is 51.7 Å². The number of aliphatic carboxylic acids is 1. The molecule has 1 atom stereocenters. The van der Waals surface area contributed by atoms with Crippen molar-refractivity contribution < 1.29 is 27.4 Å². The van der Waals surface area contributed by atoms with Gasteiger partial charge >= 0.3 is 5.97 Å². The van der Waals surface area contributed by atoms with Crippen LogP contribution in [0.2, 0.25) is 0 Å². The van der Waals surface area contributed by atoms with Crippen molar-refractivity contribution in [3.63, 3.8) is 0 Å². The third-order valence-electron chi connectivity index (χ3n) is 6.81. The highest BCUT2D eigenvalue weighted by molar-refractivity contribution is 7.89. The van der Waals surface area contributed by atoms with Crippen LogP contribution in [-0.2, 0) is 14.8 Å². The van der Waals surface area contributed by atoms with Gasteiger partial charge in [-0.3, -0.25) is 0 Å². The molecule has 0 unspecified atom stereocenters. The highest BCUT2D eigenvalue weighted by Crippen LogP contribution is 2.62. The Morgan fingerprint density at radius 1 is 1.38 bits per heavy atom. The zero-order chi connectivity index (χ0) is 23.3. The molecule has 2 bridgehead atoms. The van der Waals surface area contributed by atoms with Crippen molar-refractivity contribution in [1.82, 2.24) is 4.72 Å². The number of hydrogen-bond donors (Lipinski definition) is 2. The number of nitrogens with one attached hydrogen (secondary N) is 1. The van der Waals surface area contributed by atoms with Crippen molar-refractivity contribution in [3.8, 4) is 5.75 Å². The fourth-order valence-electron chi connectivity index (χ4n) is 5.03. The lowest BCUT2D eigenvalue weighted by Crippen LogP contribution is -2.69. The van der Waals surface area contributed by atoms with E-state index in [1.165, 1.54) is 6.07 Å². The van der Waals surface area contributed by atoms with Crippen LogP contribution in [0.25, 0.3) is 0 Å². The fourth-order valence-corrected chi connectivity index (χ4v) is 6.49. The second-order valence-electron chi connectivity index (χ2n) is 9.34. The number of carboxylic acid groups (broad SMARTS) is 1. The SMILES string of the molecule is CCCC[C@@H]1CN(C23CC(C2)C3)c2cc(N(C)C)c(O/C=C(\F)C(=O)O)cc2S(=O)(=O)N1. The van der Waals surface area contributed by atoms with E-state index in [9.17, 15) is 17.6 Å². The Morgan fingerprint density at radius 2 is 2.06 bits per heavy atom. The number of halogens is 1. The van der Waals surface area contributed by atoms with E-state index in [2.05, 4.69) is 16.5 Å². The molecule has 3 saturated carbocycles. The molecule has 8 nitrogen and oxygen atoms in total. The van der Waals surface area contributed by atoms with E-state index in [0.717, 1.165) is 44.4 Å². The van der Waals surface area contributed by atoms with Crippen LogP contribution in [0.4, 0.5) is 15.8 Å². The van der Waals surface area contributed by atoms with Gasteiger partial charge in [-0.05, 0) is 37.7 Å². The summed E-state index contributed by atoms with van der Waals surface area (Å²) in [5.74, 6) is -2.43. The quantitative estimate of drug-likeness (QED) is 0.447. The maximum atomic E-state index is 13.5. The molecule has 32 heavy (non-hydrogen) atoms. The second-order valence-corrected chi connectivity index (χ2v) is 11.0. The minimum Gasteiger partial charge on any atom is -0.476 e. The van der Waals surface area contributed by atoms with Gasteiger partial charge in [-0.15, -0.1) is 0 Å². The molecular formula is C22H30FN3O5S. The largest absolute Gasteiger partial charge is 0.476 e. The average molecular weight is 468 g/mol. The molecule has 10 heteroatoms. The molecule has 0 spiro atoms. The van der Waals surface area contributed by atoms with Gasteiger partial charge in [0, 0.05) is 38.3 Å². The van der Waals surface area contributed by atoms with Crippen LogP contribution in [0.15, 0.2) is 29.1 Å². The minimum atomic E-state index is -3.86.